The van der Waals surface area contributed by atoms with Crippen molar-refractivity contribution >= 4 is 28.8 Å². The molecule has 4 aromatic carbocycles. The number of nitro benzene ring substituents is 1. The molecule has 0 bridgehead atoms. The summed E-state index contributed by atoms with van der Waals surface area (Å²) in [5.41, 5.74) is 3.79. The Morgan fingerprint density at radius 1 is 0.784 bits per heavy atom. The molecule has 8 nitrogen and oxygen atoms in total. The predicted molar refractivity (Wildman–Crippen MR) is 140 cm³/mol. The number of anilines is 1. The van der Waals surface area contributed by atoms with Gasteiger partial charge in [0.15, 0.2) is 0 Å². The number of fused-ring (bicyclic) bond motifs is 3. The fourth-order valence-corrected chi connectivity index (χ4v) is 4.34. The Kier molecular flexibility index (Phi) is 6.22. The molecule has 4 aromatic rings. The first-order chi connectivity index (χ1) is 18.0. The Balaban J connectivity index is 1.69. The quantitative estimate of drug-likeness (QED) is 0.187. The fourth-order valence-electron chi connectivity index (χ4n) is 4.34. The Labute approximate surface area is 212 Å². The molecular formula is C29H21N3O5. The van der Waals surface area contributed by atoms with Gasteiger partial charge in [-0.05, 0) is 52.6 Å². The van der Waals surface area contributed by atoms with Gasteiger partial charge in [-0.1, -0.05) is 48.5 Å². The van der Waals surface area contributed by atoms with Crippen LogP contribution in [0, 0.1) is 10.1 Å². The smallest absolute Gasteiger partial charge is 0.272 e. The summed E-state index contributed by atoms with van der Waals surface area (Å²) in [6, 6.07) is 27.2. The topological polar surface area (TPSA) is 111 Å². The monoisotopic (exact) mass is 491 g/mol. The van der Waals surface area contributed by atoms with Gasteiger partial charge in [-0.25, -0.2) is 0 Å². The summed E-state index contributed by atoms with van der Waals surface area (Å²) in [7, 11) is 1.52. The number of rotatable bonds is 6. The average Bonchev–Trinajstić information content (AvgIpc) is 3.25. The minimum Gasteiger partial charge on any atom is -0.497 e. The molecule has 0 aliphatic heterocycles. The van der Waals surface area contributed by atoms with Crippen molar-refractivity contribution in [3.8, 4) is 16.9 Å². The van der Waals surface area contributed by atoms with Crippen LogP contribution in [0.15, 0.2) is 103 Å². The van der Waals surface area contributed by atoms with Gasteiger partial charge in [-0.3, -0.25) is 19.7 Å². The highest BCUT2D eigenvalue weighted by molar-refractivity contribution is 6.17. The fraction of sp³-hybridized carbons (Fsp3) is 0.0345. The van der Waals surface area contributed by atoms with Crippen LogP contribution >= 0.6 is 0 Å². The molecule has 0 saturated heterocycles. The third kappa shape index (κ3) is 4.55. The number of nitrogens with zero attached hydrogens (tertiary/aromatic N) is 1. The number of ether oxygens (including phenoxy) is 1. The summed E-state index contributed by atoms with van der Waals surface area (Å²) >= 11 is 0. The Morgan fingerprint density at radius 2 is 1.49 bits per heavy atom. The number of carbonyl (C=O) groups is 2. The van der Waals surface area contributed by atoms with E-state index >= 15 is 0 Å². The van der Waals surface area contributed by atoms with E-state index in [1.54, 1.807) is 60.7 Å². The molecule has 0 aromatic heterocycles. The molecule has 0 atom stereocenters. The summed E-state index contributed by atoms with van der Waals surface area (Å²) in [4.78, 5) is 38.1. The van der Waals surface area contributed by atoms with Crippen molar-refractivity contribution in [1.29, 1.82) is 0 Å². The van der Waals surface area contributed by atoms with Crippen molar-refractivity contribution < 1.29 is 19.2 Å². The maximum atomic E-state index is 13.7. The van der Waals surface area contributed by atoms with Crippen LogP contribution in [0.4, 0.5) is 11.4 Å². The summed E-state index contributed by atoms with van der Waals surface area (Å²) < 4.78 is 5.25. The van der Waals surface area contributed by atoms with Gasteiger partial charge in [0, 0.05) is 35.0 Å². The second-order valence-corrected chi connectivity index (χ2v) is 8.29. The van der Waals surface area contributed by atoms with Gasteiger partial charge in [0.05, 0.1) is 12.0 Å². The minimum atomic E-state index is -0.582. The van der Waals surface area contributed by atoms with Crippen molar-refractivity contribution in [2.45, 2.75) is 0 Å². The zero-order valence-electron chi connectivity index (χ0n) is 19.7. The lowest BCUT2D eigenvalue weighted by molar-refractivity contribution is -0.384. The highest BCUT2D eigenvalue weighted by Gasteiger charge is 2.31. The second-order valence-electron chi connectivity index (χ2n) is 8.29. The zero-order valence-corrected chi connectivity index (χ0v) is 19.7. The Bertz CT molecular complexity index is 1580. The molecular weight excluding hydrogens is 470 g/mol. The van der Waals surface area contributed by atoms with Crippen molar-refractivity contribution in [2.24, 2.45) is 0 Å². The maximum Gasteiger partial charge on any atom is 0.272 e. The van der Waals surface area contributed by atoms with Gasteiger partial charge < -0.3 is 15.4 Å². The third-order valence-corrected chi connectivity index (χ3v) is 6.05. The number of carbonyl (C=O) groups excluding carboxylic acids is 2. The van der Waals surface area contributed by atoms with Crippen LogP contribution in [0.2, 0.25) is 0 Å². The molecule has 182 valence electrons. The van der Waals surface area contributed by atoms with Crippen molar-refractivity contribution in [3.63, 3.8) is 0 Å². The largest absolute Gasteiger partial charge is 0.497 e. The average molecular weight is 492 g/mol. The van der Waals surface area contributed by atoms with E-state index in [0.717, 1.165) is 11.1 Å². The van der Waals surface area contributed by atoms with E-state index in [0.29, 0.717) is 33.7 Å². The molecule has 2 N–H and O–H groups in total. The number of hydrogen-bond donors (Lipinski definition) is 2. The first-order valence-electron chi connectivity index (χ1n) is 11.4. The second kappa shape index (κ2) is 9.79. The number of nitrogens with one attached hydrogen (secondary N) is 2. The maximum absolute atomic E-state index is 13.7. The SMILES string of the molecule is COc1cccc(NC(=O)/C(NC(=O)c2ccccc2)=C2\c3ccccc3-c3ccc([N+](=O)[O-])cc32)c1. The number of hydrogen-bond acceptors (Lipinski definition) is 5. The van der Waals surface area contributed by atoms with Gasteiger partial charge in [-0.15, -0.1) is 0 Å². The van der Waals surface area contributed by atoms with Crippen molar-refractivity contribution in [3.05, 3.63) is 130 Å². The van der Waals surface area contributed by atoms with Crippen LogP contribution in [0.25, 0.3) is 16.7 Å². The highest BCUT2D eigenvalue weighted by Crippen LogP contribution is 2.46. The molecule has 0 saturated carbocycles. The first-order valence-corrected chi connectivity index (χ1v) is 11.4. The molecule has 0 radical (unpaired) electrons. The zero-order chi connectivity index (χ0) is 25.9. The number of amides is 2. The molecule has 2 amide bonds. The van der Waals surface area contributed by atoms with Crippen molar-refractivity contribution in [2.75, 3.05) is 12.4 Å². The molecule has 0 unspecified atom stereocenters. The van der Waals surface area contributed by atoms with Gasteiger partial charge in [0.2, 0.25) is 0 Å². The standard InChI is InChI=1S/C29H21N3O5/c1-37-21-11-7-10-19(16-21)30-29(34)27(31-28(33)18-8-3-2-4-9-18)26-24-13-6-5-12-22(24)23-15-14-20(32(35)36)17-25(23)26/h2-17H,1H3,(H,30,34)(H,31,33)/b27-26-. The van der Waals surface area contributed by atoms with E-state index in [1.807, 2.05) is 24.3 Å². The van der Waals surface area contributed by atoms with E-state index in [1.165, 1.54) is 19.2 Å². The highest BCUT2D eigenvalue weighted by atomic mass is 16.6. The van der Waals surface area contributed by atoms with Crippen LogP contribution in [0.1, 0.15) is 21.5 Å². The molecule has 1 aliphatic carbocycles. The molecule has 0 fully saturated rings. The predicted octanol–water partition coefficient (Wildman–Crippen LogP) is 5.41. The summed E-state index contributed by atoms with van der Waals surface area (Å²) in [6.45, 7) is 0. The Morgan fingerprint density at radius 3 is 2.22 bits per heavy atom. The van der Waals surface area contributed by atoms with Gasteiger partial charge in [0.25, 0.3) is 17.5 Å². The number of benzene rings is 4. The number of methoxy groups -OCH3 is 1. The van der Waals surface area contributed by atoms with E-state index in [-0.39, 0.29) is 11.4 Å². The van der Waals surface area contributed by atoms with Crippen LogP contribution in [0.5, 0.6) is 5.75 Å². The lowest BCUT2D eigenvalue weighted by Gasteiger charge is -2.16. The van der Waals surface area contributed by atoms with E-state index in [4.69, 9.17) is 4.74 Å². The third-order valence-electron chi connectivity index (χ3n) is 6.05. The lowest BCUT2D eigenvalue weighted by Crippen LogP contribution is -2.32. The normalized spacial score (nSPS) is 12.7. The van der Waals surface area contributed by atoms with Crippen LogP contribution < -0.4 is 15.4 Å². The molecule has 5 rings (SSSR count). The molecule has 0 heterocycles. The summed E-state index contributed by atoms with van der Waals surface area (Å²) in [6.07, 6.45) is 0. The molecule has 8 heteroatoms. The summed E-state index contributed by atoms with van der Waals surface area (Å²) in [5.74, 6) is -0.519. The van der Waals surface area contributed by atoms with Gasteiger partial charge in [0.1, 0.15) is 11.4 Å². The van der Waals surface area contributed by atoms with E-state index in [9.17, 15) is 19.7 Å². The summed E-state index contributed by atoms with van der Waals surface area (Å²) in [5, 5.41) is 17.2. The van der Waals surface area contributed by atoms with Crippen LogP contribution in [-0.4, -0.2) is 23.8 Å². The van der Waals surface area contributed by atoms with Crippen LogP contribution in [0.3, 0.4) is 0 Å². The first kappa shape index (κ1) is 23.5. The number of non-ortho nitro benzene ring substituents is 1. The Hall–Kier alpha value is -5.24. The molecule has 0 spiro atoms. The molecule has 1 aliphatic rings. The van der Waals surface area contributed by atoms with Crippen LogP contribution in [-0.2, 0) is 4.79 Å². The van der Waals surface area contributed by atoms with Gasteiger partial charge >= 0.3 is 0 Å². The van der Waals surface area contributed by atoms with Crippen molar-refractivity contribution in [1.82, 2.24) is 5.32 Å². The lowest BCUT2D eigenvalue weighted by atomic mass is 10.00. The van der Waals surface area contributed by atoms with E-state index < -0.39 is 16.7 Å². The minimum absolute atomic E-state index is 0.0247. The molecule has 37 heavy (non-hydrogen) atoms. The van der Waals surface area contributed by atoms with E-state index in [2.05, 4.69) is 10.6 Å². The number of nitro groups is 1. The van der Waals surface area contributed by atoms with Gasteiger partial charge in [-0.2, -0.15) is 0 Å².